The maximum Gasteiger partial charge on any atom is 0.336 e. The number of aliphatic hydroxyl groups excluding tert-OH is 1. The fourth-order valence-electron chi connectivity index (χ4n) is 1.69. The predicted molar refractivity (Wildman–Crippen MR) is 75.1 cm³/mol. The normalized spacial score (nSPS) is 12.2. The van der Waals surface area contributed by atoms with Gasteiger partial charge in [-0.3, -0.25) is 0 Å². The number of aromatic carboxylic acids is 1. The van der Waals surface area contributed by atoms with E-state index in [9.17, 15) is 4.79 Å². The van der Waals surface area contributed by atoms with Crippen molar-refractivity contribution in [3.63, 3.8) is 0 Å². The summed E-state index contributed by atoms with van der Waals surface area (Å²) >= 11 is 3.24. The highest BCUT2D eigenvalue weighted by Crippen LogP contribution is 2.22. The van der Waals surface area contributed by atoms with Crippen LogP contribution in [0.5, 0.6) is 0 Å². The van der Waals surface area contributed by atoms with Gasteiger partial charge in [-0.15, -0.1) is 0 Å². The number of carboxylic acid groups (broad SMARTS) is 1. The summed E-state index contributed by atoms with van der Waals surface area (Å²) in [6, 6.07) is 5.08. The van der Waals surface area contributed by atoms with Crippen LogP contribution in [0.4, 0.5) is 5.69 Å². The molecule has 0 aliphatic heterocycles. The zero-order valence-electron chi connectivity index (χ0n) is 10.3. The summed E-state index contributed by atoms with van der Waals surface area (Å²) in [6.45, 7) is 3.06. The lowest BCUT2D eigenvalue weighted by molar-refractivity contribution is 0.0696. The van der Waals surface area contributed by atoms with E-state index < -0.39 is 5.97 Å². The summed E-state index contributed by atoms with van der Waals surface area (Å²) in [5.74, 6) is -0.520. The van der Waals surface area contributed by atoms with Crippen molar-refractivity contribution in [3.05, 3.63) is 28.2 Å². The van der Waals surface area contributed by atoms with Gasteiger partial charge in [-0.2, -0.15) is 0 Å². The largest absolute Gasteiger partial charge is 0.478 e. The van der Waals surface area contributed by atoms with Gasteiger partial charge in [0.25, 0.3) is 0 Å². The van der Waals surface area contributed by atoms with Crippen LogP contribution in [-0.4, -0.2) is 29.3 Å². The number of carboxylic acids is 1. The Bertz CT molecular complexity index is 409. The second kappa shape index (κ2) is 7.38. The van der Waals surface area contributed by atoms with Gasteiger partial charge in [-0.1, -0.05) is 13.3 Å². The third-order valence-corrected chi connectivity index (χ3v) is 3.57. The monoisotopic (exact) mass is 315 g/mol. The Kier molecular flexibility index (Phi) is 6.15. The van der Waals surface area contributed by atoms with Crippen LogP contribution in [0, 0.1) is 5.92 Å². The van der Waals surface area contributed by atoms with Crippen LogP contribution >= 0.6 is 15.9 Å². The standard InChI is InChI=1S/C13H18BrNO3/c1-2-9(5-6-16)8-15-10-3-4-11(13(17)18)12(14)7-10/h3-4,7,9,15-16H,2,5-6,8H2,1H3,(H,17,18). The Morgan fingerprint density at radius 2 is 2.22 bits per heavy atom. The third kappa shape index (κ3) is 4.31. The predicted octanol–water partition coefficient (Wildman–Crippen LogP) is 2.97. The Labute approximate surface area is 115 Å². The fraction of sp³-hybridized carbons (Fsp3) is 0.462. The van der Waals surface area contributed by atoms with Crippen molar-refractivity contribution < 1.29 is 15.0 Å². The van der Waals surface area contributed by atoms with Crippen LogP contribution in [0.2, 0.25) is 0 Å². The highest BCUT2D eigenvalue weighted by molar-refractivity contribution is 9.10. The molecular weight excluding hydrogens is 298 g/mol. The zero-order chi connectivity index (χ0) is 13.5. The molecule has 4 nitrogen and oxygen atoms in total. The van der Waals surface area contributed by atoms with E-state index in [0.29, 0.717) is 10.4 Å². The molecular formula is C13H18BrNO3. The highest BCUT2D eigenvalue weighted by Gasteiger charge is 2.09. The smallest absolute Gasteiger partial charge is 0.336 e. The van der Waals surface area contributed by atoms with Crippen LogP contribution in [0.1, 0.15) is 30.1 Å². The number of nitrogens with one attached hydrogen (secondary N) is 1. The average molecular weight is 316 g/mol. The molecule has 1 rings (SSSR count). The molecule has 5 heteroatoms. The second-order valence-electron chi connectivity index (χ2n) is 4.17. The van der Waals surface area contributed by atoms with E-state index in [-0.39, 0.29) is 12.2 Å². The average Bonchev–Trinajstić information content (AvgIpc) is 2.34. The molecule has 0 fully saturated rings. The first-order valence-electron chi connectivity index (χ1n) is 5.96. The molecule has 1 aromatic rings. The lowest BCUT2D eigenvalue weighted by atomic mass is 10.0. The van der Waals surface area contributed by atoms with Crippen LogP contribution in [0.15, 0.2) is 22.7 Å². The van der Waals surface area contributed by atoms with Crippen LogP contribution in [-0.2, 0) is 0 Å². The van der Waals surface area contributed by atoms with Crippen molar-refractivity contribution >= 4 is 27.6 Å². The fourth-order valence-corrected chi connectivity index (χ4v) is 2.24. The number of benzene rings is 1. The molecule has 0 bridgehead atoms. The first-order valence-corrected chi connectivity index (χ1v) is 6.75. The highest BCUT2D eigenvalue weighted by atomic mass is 79.9. The van der Waals surface area contributed by atoms with Gasteiger partial charge in [-0.05, 0) is 46.5 Å². The second-order valence-corrected chi connectivity index (χ2v) is 5.02. The Hall–Kier alpha value is -1.07. The zero-order valence-corrected chi connectivity index (χ0v) is 11.9. The number of halogens is 1. The molecule has 1 atom stereocenters. The van der Waals surface area contributed by atoms with Crippen molar-refractivity contribution in [2.45, 2.75) is 19.8 Å². The number of anilines is 1. The molecule has 1 aromatic carbocycles. The maximum atomic E-state index is 10.9. The molecule has 100 valence electrons. The molecule has 0 spiro atoms. The summed E-state index contributed by atoms with van der Waals surface area (Å²) in [7, 11) is 0. The number of rotatable bonds is 7. The van der Waals surface area contributed by atoms with Crippen molar-refractivity contribution in [2.24, 2.45) is 5.92 Å². The Balaban J connectivity index is 2.63. The van der Waals surface area contributed by atoms with Crippen LogP contribution in [0.25, 0.3) is 0 Å². The number of aliphatic hydroxyl groups is 1. The van der Waals surface area contributed by atoms with Crippen molar-refractivity contribution in [3.8, 4) is 0 Å². The van der Waals surface area contributed by atoms with Gasteiger partial charge in [0.05, 0.1) is 5.56 Å². The third-order valence-electron chi connectivity index (χ3n) is 2.91. The molecule has 1 unspecified atom stereocenters. The van der Waals surface area contributed by atoms with Crippen LogP contribution < -0.4 is 5.32 Å². The summed E-state index contributed by atoms with van der Waals surface area (Å²) in [5.41, 5.74) is 1.13. The minimum Gasteiger partial charge on any atom is -0.478 e. The summed E-state index contributed by atoms with van der Waals surface area (Å²) in [4.78, 5) is 10.9. The lowest BCUT2D eigenvalue weighted by Crippen LogP contribution is -2.15. The molecule has 0 aliphatic rings. The first kappa shape index (κ1) is 15.0. The molecule has 0 radical (unpaired) electrons. The van der Waals surface area contributed by atoms with Gasteiger partial charge in [0.1, 0.15) is 0 Å². The minimum atomic E-state index is -0.944. The maximum absolute atomic E-state index is 10.9. The number of hydrogen-bond donors (Lipinski definition) is 3. The molecule has 0 saturated heterocycles. The van der Waals surface area contributed by atoms with Gasteiger partial charge < -0.3 is 15.5 Å². The van der Waals surface area contributed by atoms with Gasteiger partial charge in [0, 0.05) is 23.3 Å². The molecule has 3 N–H and O–H groups in total. The van der Waals surface area contributed by atoms with E-state index in [2.05, 4.69) is 28.2 Å². The lowest BCUT2D eigenvalue weighted by Gasteiger charge is -2.15. The first-order chi connectivity index (χ1) is 8.58. The van der Waals surface area contributed by atoms with Gasteiger partial charge in [0.2, 0.25) is 0 Å². The molecule has 0 saturated carbocycles. The molecule has 0 aromatic heterocycles. The molecule has 0 aliphatic carbocycles. The van der Waals surface area contributed by atoms with E-state index >= 15 is 0 Å². The number of carbonyl (C=O) groups is 1. The number of hydrogen-bond acceptors (Lipinski definition) is 3. The van der Waals surface area contributed by atoms with Crippen molar-refractivity contribution in [1.29, 1.82) is 0 Å². The van der Waals surface area contributed by atoms with Crippen LogP contribution in [0.3, 0.4) is 0 Å². The van der Waals surface area contributed by atoms with Crippen molar-refractivity contribution in [1.82, 2.24) is 0 Å². The summed E-state index contributed by atoms with van der Waals surface area (Å²) in [5, 5.41) is 21.1. The Morgan fingerprint density at radius 3 is 2.72 bits per heavy atom. The minimum absolute atomic E-state index is 0.196. The van der Waals surface area contributed by atoms with E-state index in [4.69, 9.17) is 10.2 Å². The van der Waals surface area contributed by atoms with Gasteiger partial charge in [-0.25, -0.2) is 4.79 Å². The van der Waals surface area contributed by atoms with Gasteiger partial charge >= 0.3 is 5.97 Å². The quantitative estimate of drug-likeness (QED) is 0.723. The van der Waals surface area contributed by atoms with Crippen molar-refractivity contribution in [2.75, 3.05) is 18.5 Å². The Morgan fingerprint density at radius 1 is 1.50 bits per heavy atom. The van der Waals surface area contributed by atoms with Gasteiger partial charge in [0.15, 0.2) is 0 Å². The van der Waals surface area contributed by atoms with E-state index in [1.807, 2.05) is 0 Å². The molecule has 18 heavy (non-hydrogen) atoms. The summed E-state index contributed by atoms with van der Waals surface area (Å²) in [6.07, 6.45) is 1.78. The SMILES string of the molecule is CCC(CCO)CNc1ccc(C(=O)O)c(Br)c1. The van der Waals surface area contributed by atoms with E-state index in [0.717, 1.165) is 25.1 Å². The summed E-state index contributed by atoms with van der Waals surface area (Å²) < 4.78 is 0.565. The van der Waals surface area contributed by atoms with E-state index in [1.54, 1.807) is 18.2 Å². The van der Waals surface area contributed by atoms with E-state index in [1.165, 1.54) is 0 Å². The topological polar surface area (TPSA) is 69.6 Å². The molecule has 0 amide bonds. The molecule has 0 heterocycles.